The molecule has 0 atom stereocenters. The average molecular weight is 595 g/mol. The fraction of sp³-hybridized carbons (Fsp3) is 0.346. The van der Waals surface area contributed by atoms with Gasteiger partial charge in [0.2, 0.25) is 11.9 Å². The summed E-state index contributed by atoms with van der Waals surface area (Å²) in [6.07, 6.45) is -5.08. The Morgan fingerprint density at radius 1 is 1.02 bits per heavy atom. The summed E-state index contributed by atoms with van der Waals surface area (Å²) in [4.78, 5) is 39.9. The number of rotatable bonds is 10. The van der Waals surface area contributed by atoms with Gasteiger partial charge in [-0.05, 0) is 38.2 Å². The lowest BCUT2D eigenvalue weighted by Crippen LogP contribution is -2.27. The molecule has 0 aliphatic heterocycles. The summed E-state index contributed by atoms with van der Waals surface area (Å²) in [6.45, 7) is 3.61. The largest absolute Gasteiger partial charge is 0.493 e. The first kappa shape index (κ1) is 31.8. The number of likely N-dealkylation sites (N-methyl/N-ethyl adjacent to an activating group) is 1. The van der Waals surface area contributed by atoms with Gasteiger partial charge in [-0.25, -0.2) is 19.7 Å². The van der Waals surface area contributed by atoms with Gasteiger partial charge in [-0.3, -0.25) is 15.1 Å². The van der Waals surface area contributed by atoms with Crippen molar-refractivity contribution in [2.75, 3.05) is 52.9 Å². The molecular weight excluding hydrogens is 565 g/mol. The van der Waals surface area contributed by atoms with E-state index in [2.05, 4.69) is 25.3 Å². The summed E-state index contributed by atoms with van der Waals surface area (Å²) in [5.74, 6) is -0.529. The standard InChI is InChI=1S/C24H28N6O5.C2HF3O2/c1-14-16-12-20(33-3)21(34-4)13-19(16)27-23(25-14)29-24-26-18-6-5-15(11-17(18)22(32)28-24)35-10-8-30(2)7-9-31;3-2(4,5)1(6)7/h5-6,11-13,31H,7-10H2,1-4H3,(H2,25,26,27,28,29,32);(H,6,7). The summed E-state index contributed by atoms with van der Waals surface area (Å²) in [5.41, 5.74) is 1.58. The normalized spacial score (nSPS) is 11.3. The third-order valence-corrected chi connectivity index (χ3v) is 5.76. The zero-order valence-electron chi connectivity index (χ0n) is 23.1. The lowest BCUT2D eigenvalue weighted by Gasteiger charge is -2.15. The monoisotopic (exact) mass is 594 g/mol. The molecule has 13 nitrogen and oxygen atoms in total. The number of aryl methyl sites for hydroxylation is 1. The molecule has 0 unspecified atom stereocenters. The fourth-order valence-corrected chi connectivity index (χ4v) is 3.64. The van der Waals surface area contributed by atoms with Crippen molar-refractivity contribution in [2.45, 2.75) is 13.1 Å². The van der Waals surface area contributed by atoms with Crippen molar-refractivity contribution in [3.05, 3.63) is 46.4 Å². The highest BCUT2D eigenvalue weighted by Gasteiger charge is 2.38. The molecule has 2 heterocycles. The van der Waals surface area contributed by atoms with E-state index in [1.54, 1.807) is 38.5 Å². The van der Waals surface area contributed by atoms with Crippen LogP contribution in [0.25, 0.3) is 21.8 Å². The van der Waals surface area contributed by atoms with Gasteiger partial charge in [0.25, 0.3) is 5.56 Å². The van der Waals surface area contributed by atoms with E-state index in [0.29, 0.717) is 53.4 Å². The predicted octanol–water partition coefficient (Wildman–Crippen LogP) is 2.87. The first-order valence-electron chi connectivity index (χ1n) is 12.3. The van der Waals surface area contributed by atoms with Crippen molar-refractivity contribution in [1.29, 1.82) is 0 Å². The molecule has 4 N–H and O–H groups in total. The highest BCUT2D eigenvalue weighted by atomic mass is 19.4. The summed E-state index contributed by atoms with van der Waals surface area (Å²) >= 11 is 0. The number of nitrogens with zero attached hydrogens (tertiary/aromatic N) is 4. The van der Waals surface area contributed by atoms with E-state index < -0.39 is 12.1 Å². The van der Waals surface area contributed by atoms with E-state index in [1.807, 2.05) is 24.9 Å². The molecule has 0 spiro atoms. The second-order valence-electron chi connectivity index (χ2n) is 8.75. The number of hydrogen-bond donors (Lipinski definition) is 4. The lowest BCUT2D eigenvalue weighted by molar-refractivity contribution is -0.192. The fourth-order valence-electron chi connectivity index (χ4n) is 3.64. The van der Waals surface area contributed by atoms with Crippen LogP contribution in [0.2, 0.25) is 0 Å². The molecule has 2 aromatic heterocycles. The SMILES string of the molecule is COc1cc2nc(Nc3nc4ccc(OCCN(C)CCO)cc4c(=O)[nH]3)nc(C)c2cc1OC.O=C(O)C(F)(F)F. The third-order valence-electron chi connectivity index (χ3n) is 5.76. The summed E-state index contributed by atoms with van der Waals surface area (Å²) in [7, 11) is 5.04. The molecule has 0 amide bonds. The zero-order valence-corrected chi connectivity index (χ0v) is 23.1. The molecule has 42 heavy (non-hydrogen) atoms. The quantitative estimate of drug-likeness (QED) is 0.212. The molecule has 0 aliphatic rings. The minimum Gasteiger partial charge on any atom is -0.493 e. The van der Waals surface area contributed by atoms with Crippen molar-refractivity contribution in [3.8, 4) is 17.2 Å². The van der Waals surface area contributed by atoms with Crippen LogP contribution in [0.1, 0.15) is 5.69 Å². The number of anilines is 2. The summed E-state index contributed by atoms with van der Waals surface area (Å²) < 4.78 is 48.2. The number of nitrogens with one attached hydrogen (secondary N) is 2. The number of aliphatic hydroxyl groups is 1. The van der Waals surface area contributed by atoms with E-state index in [0.717, 1.165) is 11.1 Å². The molecular formula is C26H29F3N6O7. The number of carbonyl (C=O) groups is 1. The Morgan fingerprint density at radius 3 is 2.31 bits per heavy atom. The lowest BCUT2D eigenvalue weighted by atomic mass is 10.1. The number of ether oxygens (including phenoxy) is 3. The van der Waals surface area contributed by atoms with Gasteiger partial charge < -0.3 is 29.3 Å². The van der Waals surface area contributed by atoms with Gasteiger partial charge in [-0.15, -0.1) is 0 Å². The molecule has 4 aromatic rings. The summed E-state index contributed by atoms with van der Waals surface area (Å²) in [5, 5.41) is 20.3. The van der Waals surface area contributed by atoms with E-state index in [-0.39, 0.29) is 24.1 Å². The number of aliphatic hydroxyl groups excluding tert-OH is 1. The number of halogens is 3. The van der Waals surface area contributed by atoms with Crippen molar-refractivity contribution in [2.24, 2.45) is 0 Å². The van der Waals surface area contributed by atoms with Crippen molar-refractivity contribution >= 4 is 39.7 Å². The molecule has 16 heteroatoms. The van der Waals surface area contributed by atoms with Crippen LogP contribution in [-0.4, -0.2) is 94.8 Å². The Kier molecular flexibility index (Phi) is 10.4. The van der Waals surface area contributed by atoms with Gasteiger partial charge in [-0.1, -0.05) is 0 Å². The van der Waals surface area contributed by atoms with E-state index in [4.69, 9.17) is 29.2 Å². The Bertz CT molecular complexity index is 1610. The van der Waals surface area contributed by atoms with Gasteiger partial charge in [0.15, 0.2) is 11.5 Å². The Balaban J connectivity index is 0.000000616. The van der Waals surface area contributed by atoms with Gasteiger partial charge in [0, 0.05) is 24.5 Å². The van der Waals surface area contributed by atoms with Gasteiger partial charge in [-0.2, -0.15) is 13.2 Å². The second-order valence-corrected chi connectivity index (χ2v) is 8.75. The third kappa shape index (κ3) is 8.17. The van der Waals surface area contributed by atoms with Crippen LogP contribution >= 0.6 is 0 Å². The Morgan fingerprint density at radius 2 is 1.69 bits per heavy atom. The molecule has 2 aromatic carbocycles. The van der Waals surface area contributed by atoms with Crippen molar-refractivity contribution < 1.29 is 42.4 Å². The number of benzene rings is 2. The number of fused-ring (bicyclic) bond motifs is 2. The number of carboxylic acid groups (broad SMARTS) is 1. The number of methoxy groups -OCH3 is 2. The van der Waals surface area contributed by atoms with Gasteiger partial charge in [0.1, 0.15) is 12.4 Å². The Labute approximate surface area is 236 Å². The van der Waals surface area contributed by atoms with E-state index in [9.17, 15) is 18.0 Å². The minimum absolute atomic E-state index is 0.0939. The number of alkyl halides is 3. The smallest absolute Gasteiger partial charge is 0.490 e. The van der Waals surface area contributed by atoms with Crippen LogP contribution in [0.3, 0.4) is 0 Å². The number of H-pyrrole nitrogens is 1. The summed E-state index contributed by atoms with van der Waals surface area (Å²) in [6, 6.07) is 8.75. The van der Waals surface area contributed by atoms with Crippen LogP contribution in [0.4, 0.5) is 25.1 Å². The predicted molar refractivity (Wildman–Crippen MR) is 147 cm³/mol. The molecule has 0 fully saturated rings. The number of aromatic amines is 1. The number of aromatic nitrogens is 4. The molecule has 0 radical (unpaired) electrons. The molecule has 4 rings (SSSR count). The Hall–Kier alpha value is -4.70. The topological polar surface area (TPSA) is 172 Å². The van der Waals surface area contributed by atoms with Crippen LogP contribution in [0.15, 0.2) is 35.1 Å². The number of aliphatic carboxylic acids is 1. The van der Waals surface area contributed by atoms with Crippen molar-refractivity contribution in [1.82, 2.24) is 24.8 Å². The average Bonchev–Trinajstić information content (AvgIpc) is 2.92. The van der Waals surface area contributed by atoms with Crippen LogP contribution < -0.4 is 25.1 Å². The first-order valence-corrected chi connectivity index (χ1v) is 12.3. The minimum atomic E-state index is -5.08. The van der Waals surface area contributed by atoms with E-state index in [1.165, 1.54) is 0 Å². The maximum Gasteiger partial charge on any atom is 0.490 e. The number of hydrogen-bond acceptors (Lipinski definition) is 11. The van der Waals surface area contributed by atoms with E-state index >= 15 is 0 Å². The van der Waals surface area contributed by atoms with Crippen LogP contribution in [-0.2, 0) is 4.79 Å². The van der Waals surface area contributed by atoms with Gasteiger partial charge in [0.05, 0.1) is 42.9 Å². The second kappa shape index (κ2) is 13.8. The maximum absolute atomic E-state index is 12.7. The molecule has 0 saturated heterocycles. The van der Waals surface area contributed by atoms with Crippen molar-refractivity contribution in [3.63, 3.8) is 0 Å². The molecule has 0 saturated carbocycles. The first-order chi connectivity index (χ1) is 19.9. The van der Waals surface area contributed by atoms with Crippen LogP contribution in [0, 0.1) is 6.92 Å². The molecule has 0 bridgehead atoms. The molecule has 0 aliphatic carbocycles. The zero-order chi connectivity index (χ0) is 31.0. The highest BCUT2D eigenvalue weighted by molar-refractivity contribution is 5.86. The molecule has 226 valence electrons. The van der Waals surface area contributed by atoms with Crippen LogP contribution in [0.5, 0.6) is 17.2 Å². The number of carboxylic acids is 1. The van der Waals surface area contributed by atoms with Gasteiger partial charge >= 0.3 is 12.1 Å². The maximum atomic E-state index is 12.7. The highest BCUT2D eigenvalue weighted by Crippen LogP contribution is 2.33.